The third kappa shape index (κ3) is 8.22. The average Bonchev–Trinajstić information content (AvgIpc) is 2.37. The summed E-state index contributed by atoms with van der Waals surface area (Å²) >= 11 is 0. The standard InChI is InChI=1S/C15H33N3O/c1-6-15(5,7-2)18-10-8-9-17-14(19)13(16)11-12(3)4/h12-13,18H,6-11,16H2,1-5H3,(H,17,19). The molecule has 4 N–H and O–H groups in total. The Morgan fingerprint density at radius 3 is 2.26 bits per heavy atom. The molecule has 0 saturated carbocycles. The summed E-state index contributed by atoms with van der Waals surface area (Å²) in [7, 11) is 0. The van der Waals surface area contributed by atoms with Crippen LogP contribution in [-0.2, 0) is 4.79 Å². The Labute approximate surface area is 118 Å². The van der Waals surface area contributed by atoms with E-state index in [0.717, 1.165) is 32.2 Å². The van der Waals surface area contributed by atoms with E-state index in [0.29, 0.717) is 12.5 Å². The van der Waals surface area contributed by atoms with Gasteiger partial charge in [-0.25, -0.2) is 0 Å². The molecule has 0 saturated heterocycles. The Kier molecular flexibility index (Phi) is 9.02. The molecule has 1 amide bonds. The third-order valence-corrected chi connectivity index (χ3v) is 3.83. The quantitative estimate of drug-likeness (QED) is 0.533. The summed E-state index contributed by atoms with van der Waals surface area (Å²) < 4.78 is 0. The number of amides is 1. The van der Waals surface area contributed by atoms with Crippen LogP contribution in [0, 0.1) is 5.92 Å². The number of nitrogens with two attached hydrogens (primary N) is 1. The highest BCUT2D eigenvalue weighted by Crippen LogP contribution is 2.12. The molecule has 19 heavy (non-hydrogen) atoms. The molecule has 0 fully saturated rings. The zero-order chi connectivity index (χ0) is 14.9. The fourth-order valence-electron chi connectivity index (χ4n) is 1.94. The van der Waals surface area contributed by atoms with Crippen molar-refractivity contribution in [2.24, 2.45) is 11.7 Å². The number of hydrogen-bond acceptors (Lipinski definition) is 3. The number of nitrogens with one attached hydrogen (secondary N) is 2. The highest BCUT2D eigenvalue weighted by Gasteiger charge is 2.18. The summed E-state index contributed by atoms with van der Waals surface area (Å²) in [6, 6.07) is -0.371. The van der Waals surface area contributed by atoms with Crippen LogP contribution < -0.4 is 16.4 Å². The molecule has 4 heteroatoms. The summed E-state index contributed by atoms with van der Waals surface area (Å²) in [5.74, 6) is 0.430. The Hall–Kier alpha value is -0.610. The molecule has 0 aromatic heterocycles. The summed E-state index contributed by atoms with van der Waals surface area (Å²) in [6.07, 6.45) is 3.92. The van der Waals surface area contributed by atoms with Crippen LogP contribution in [0.25, 0.3) is 0 Å². The fraction of sp³-hybridized carbons (Fsp3) is 0.933. The van der Waals surface area contributed by atoms with Gasteiger partial charge in [-0.05, 0) is 45.1 Å². The third-order valence-electron chi connectivity index (χ3n) is 3.83. The lowest BCUT2D eigenvalue weighted by atomic mass is 9.95. The fourth-order valence-corrected chi connectivity index (χ4v) is 1.94. The van der Waals surface area contributed by atoms with Gasteiger partial charge in [0, 0.05) is 12.1 Å². The summed E-state index contributed by atoms with van der Waals surface area (Å²) in [6.45, 7) is 12.4. The molecule has 0 aromatic carbocycles. The zero-order valence-corrected chi connectivity index (χ0v) is 13.4. The van der Waals surface area contributed by atoms with E-state index in [2.05, 4.69) is 45.3 Å². The summed E-state index contributed by atoms with van der Waals surface area (Å²) in [5.41, 5.74) is 6.04. The molecule has 1 atom stereocenters. The number of carbonyl (C=O) groups is 1. The Morgan fingerprint density at radius 1 is 1.21 bits per heavy atom. The first-order valence-corrected chi connectivity index (χ1v) is 7.63. The molecule has 0 aliphatic rings. The van der Waals surface area contributed by atoms with E-state index in [-0.39, 0.29) is 17.5 Å². The van der Waals surface area contributed by atoms with E-state index in [1.54, 1.807) is 0 Å². The molecule has 0 radical (unpaired) electrons. The van der Waals surface area contributed by atoms with E-state index in [4.69, 9.17) is 5.73 Å². The maximum Gasteiger partial charge on any atom is 0.236 e. The van der Waals surface area contributed by atoms with Crippen molar-refractivity contribution >= 4 is 5.91 Å². The van der Waals surface area contributed by atoms with Crippen LogP contribution in [0.2, 0.25) is 0 Å². The Morgan fingerprint density at radius 2 is 1.79 bits per heavy atom. The topological polar surface area (TPSA) is 67.1 Å². The van der Waals surface area contributed by atoms with Crippen molar-refractivity contribution in [1.82, 2.24) is 10.6 Å². The SMILES string of the molecule is CCC(C)(CC)NCCCNC(=O)C(N)CC(C)C. The minimum absolute atomic E-state index is 0.0255. The van der Waals surface area contributed by atoms with Gasteiger partial charge in [-0.1, -0.05) is 27.7 Å². The first kappa shape index (κ1) is 18.4. The lowest BCUT2D eigenvalue weighted by Gasteiger charge is -2.28. The van der Waals surface area contributed by atoms with Crippen molar-refractivity contribution < 1.29 is 4.79 Å². The molecule has 114 valence electrons. The molecule has 0 aliphatic carbocycles. The van der Waals surface area contributed by atoms with Gasteiger partial charge in [0.15, 0.2) is 0 Å². The van der Waals surface area contributed by atoms with Crippen molar-refractivity contribution in [1.29, 1.82) is 0 Å². The van der Waals surface area contributed by atoms with Gasteiger partial charge < -0.3 is 16.4 Å². The highest BCUT2D eigenvalue weighted by atomic mass is 16.2. The molecule has 0 rings (SSSR count). The van der Waals surface area contributed by atoms with Gasteiger partial charge in [0.25, 0.3) is 0 Å². The lowest BCUT2D eigenvalue weighted by Crippen LogP contribution is -2.44. The lowest BCUT2D eigenvalue weighted by molar-refractivity contribution is -0.122. The zero-order valence-electron chi connectivity index (χ0n) is 13.4. The molecule has 0 bridgehead atoms. The minimum Gasteiger partial charge on any atom is -0.355 e. The number of hydrogen-bond donors (Lipinski definition) is 3. The molecule has 0 aromatic rings. The van der Waals surface area contributed by atoms with Crippen LogP contribution in [0.5, 0.6) is 0 Å². The van der Waals surface area contributed by atoms with Gasteiger partial charge in [0.2, 0.25) is 5.91 Å². The van der Waals surface area contributed by atoms with E-state index in [9.17, 15) is 4.79 Å². The van der Waals surface area contributed by atoms with E-state index >= 15 is 0 Å². The van der Waals surface area contributed by atoms with Crippen molar-refractivity contribution in [3.63, 3.8) is 0 Å². The van der Waals surface area contributed by atoms with Crippen molar-refractivity contribution in [2.45, 2.75) is 71.9 Å². The van der Waals surface area contributed by atoms with Crippen LogP contribution in [0.1, 0.15) is 60.3 Å². The molecular formula is C15H33N3O. The number of rotatable bonds is 10. The van der Waals surface area contributed by atoms with Gasteiger partial charge in [-0.2, -0.15) is 0 Å². The smallest absolute Gasteiger partial charge is 0.236 e. The van der Waals surface area contributed by atoms with Crippen molar-refractivity contribution in [3.05, 3.63) is 0 Å². The van der Waals surface area contributed by atoms with Gasteiger partial charge in [-0.15, -0.1) is 0 Å². The van der Waals surface area contributed by atoms with E-state index in [1.165, 1.54) is 0 Å². The van der Waals surface area contributed by atoms with Crippen LogP contribution in [0.4, 0.5) is 0 Å². The predicted molar refractivity (Wildman–Crippen MR) is 82.0 cm³/mol. The highest BCUT2D eigenvalue weighted by molar-refractivity contribution is 5.81. The molecule has 4 nitrogen and oxygen atoms in total. The van der Waals surface area contributed by atoms with Gasteiger partial charge in [0.1, 0.15) is 0 Å². The molecule has 0 aliphatic heterocycles. The number of carbonyl (C=O) groups excluding carboxylic acids is 1. The normalized spacial score (nSPS) is 13.6. The second-order valence-electron chi connectivity index (χ2n) is 6.08. The molecule has 0 heterocycles. The molecule has 0 spiro atoms. The van der Waals surface area contributed by atoms with Crippen LogP contribution in [-0.4, -0.2) is 30.6 Å². The Bertz CT molecular complexity index is 250. The monoisotopic (exact) mass is 271 g/mol. The second kappa shape index (κ2) is 9.32. The largest absolute Gasteiger partial charge is 0.355 e. The van der Waals surface area contributed by atoms with E-state index in [1.807, 2.05) is 0 Å². The van der Waals surface area contributed by atoms with Gasteiger partial charge in [0.05, 0.1) is 6.04 Å². The van der Waals surface area contributed by atoms with Gasteiger partial charge in [-0.3, -0.25) is 4.79 Å². The van der Waals surface area contributed by atoms with E-state index < -0.39 is 0 Å². The van der Waals surface area contributed by atoms with Crippen LogP contribution >= 0.6 is 0 Å². The van der Waals surface area contributed by atoms with Crippen LogP contribution in [0.3, 0.4) is 0 Å². The summed E-state index contributed by atoms with van der Waals surface area (Å²) in [5, 5.41) is 6.45. The molecular weight excluding hydrogens is 238 g/mol. The second-order valence-corrected chi connectivity index (χ2v) is 6.08. The maximum absolute atomic E-state index is 11.7. The minimum atomic E-state index is -0.371. The first-order valence-electron chi connectivity index (χ1n) is 7.63. The van der Waals surface area contributed by atoms with Gasteiger partial charge >= 0.3 is 0 Å². The Balaban J connectivity index is 3.72. The average molecular weight is 271 g/mol. The van der Waals surface area contributed by atoms with Crippen LogP contribution in [0.15, 0.2) is 0 Å². The maximum atomic E-state index is 11.7. The van der Waals surface area contributed by atoms with Crippen molar-refractivity contribution in [3.8, 4) is 0 Å². The van der Waals surface area contributed by atoms with Crippen molar-refractivity contribution in [2.75, 3.05) is 13.1 Å². The first-order chi connectivity index (χ1) is 8.84. The molecule has 1 unspecified atom stereocenters. The predicted octanol–water partition coefficient (Wildman–Crippen LogP) is 2.03. The summed E-state index contributed by atoms with van der Waals surface area (Å²) in [4.78, 5) is 11.7.